The van der Waals surface area contributed by atoms with Gasteiger partial charge in [0.15, 0.2) is 0 Å². The van der Waals surface area contributed by atoms with Crippen LogP contribution in [0, 0.1) is 0 Å². The lowest BCUT2D eigenvalue weighted by molar-refractivity contribution is 0.694. The molecule has 76 valence electrons. The largest absolute Gasteiger partial charge is 0.350 e. The lowest BCUT2D eigenvalue weighted by Crippen LogP contribution is -2.34. The van der Waals surface area contributed by atoms with E-state index in [2.05, 4.69) is 64.9 Å². The lowest BCUT2D eigenvalue weighted by atomic mass is 10.0. The van der Waals surface area contributed by atoms with Gasteiger partial charge >= 0.3 is 0 Å². The van der Waals surface area contributed by atoms with Crippen LogP contribution in [0.15, 0.2) is 54.6 Å². The first-order chi connectivity index (χ1) is 7.45. The Balaban J connectivity index is 1.90. The molecule has 0 aromatic heterocycles. The number of nitrogens with zero attached hydrogens (tertiary/aromatic N) is 1. The third-order valence-electron chi connectivity index (χ3n) is 3.05. The molecule has 1 saturated heterocycles. The van der Waals surface area contributed by atoms with Crippen molar-refractivity contribution in [2.75, 3.05) is 11.6 Å². The van der Waals surface area contributed by atoms with Gasteiger partial charge in [0, 0.05) is 5.69 Å². The number of nitrogens with one attached hydrogen (secondary N) is 1. The van der Waals surface area contributed by atoms with Crippen LogP contribution < -0.4 is 10.2 Å². The molecule has 1 aromatic carbocycles. The first kappa shape index (κ1) is 8.74. The zero-order valence-corrected chi connectivity index (χ0v) is 8.51. The normalized spacial score (nSPS) is 28.1. The van der Waals surface area contributed by atoms with Gasteiger partial charge in [0.2, 0.25) is 0 Å². The predicted octanol–water partition coefficient (Wildman–Crippen LogP) is 1.92. The van der Waals surface area contributed by atoms with E-state index in [0.29, 0.717) is 12.1 Å². The monoisotopic (exact) mass is 198 g/mol. The van der Waals surface area contributed by atoms with Crippen LogP contribution in [0.4, 0.5) is 5.69 Å². The quantitative estimate of drug-likeness (QED) is 0.741. The van der Waals surface area contributed by atoms with Gasteiger partial charge in [-0.1, -0.05) is 42.5 Å². The Labute approximate surface area is 89.9 Å². The van der Waals surface area contributed by atoms with Crippen LogP contribution in [0.1, 0.15) is 0 Å². The van der Waals surface area contributed by atoms with Gasteiger partial charge < -0.3 is 4.90 Å². The molecule has 0 radical (unpaired) electrons. The summed E-state index contributed by atoms with van der Waals surface area (Å²) in [5.41, 5.74) is 1.29. The van der Waals surface area contributed by atoms with Gasteiger partial charge in [0.1, 0.15) is 0 Å². The molecule has 0 spiro atoms. The summed E-state index contributed by atoms with van der Waals surface area (Å²) >= 11 is 0. The van der Waals surface area contributed by atoms with Crippen molar-refractivity contribution in [3.05, 3.63) is 54.6 Å². The van der Waals surface area contributed by atoms with Crippen LogP contribution in [0.5, 0.6) is 0 Å². The average Bonchev–Trinajstić information content (AvgIpc) is 2.74. The fourth-order valence-electron chi connectivity index (χ4n) is 2.27. The van der Waals surface area contributed by atoms with E-state index in [1.807, 2.05) is 0 Å². The van der Waals surface area contributed by atoms with Crippen LogP contribution in [0.3, 0.4) is 0 Å². The zero-order chi connectivity index (χ0) is 10.1. The first-order valence-corrected chi connectivity index (χ1v) is 5.35. The molecule has 2 aliphatic rings. The first-order valence-electron chi connectivity index (χ1n) is 5.35. The maximum Gasteiger partial charge on any atom is 0.0694 e. The van der Waals surface area contributed by atoms with Crippen molar-refractivity contribution in [3.63, 3.8) is 0 Å². The third kappa shape index (κ3) is 1.47. The predicted molar refractivity (Wildman–Crippen MR) is 62.8 cm³/mol. The summed E-state index contributed by atoms with van der Waals surface area (Å²) in [5, 5.41) is 3.49. The molecule has 1 aromatic rings. The Hall–Kier alpha value is -1.54. The summed E-state index contributed by atoms with van der Waals surface area (Å²) in [6, 6.07) is 11.5. The van der Waals surface area contributed by atoms with Crippen molar-refractivity contribution in [2.45, 2.75) is 12.1 Å². The number of fused-ring (bicyclic) bond motifs is 1. The van der Waals surface area contributed by atoms with E-state index in [0.717, 1.165) is 6.67 Å². The molecule has 1 N–H and O–H groups in total. The van der Waals surface area contributed by atoms with Crippen molar-refractivity contribution >= 4 is 5.69 Å². The molecule has 1 aliphatic carbocycles. The van der Waals surface area contributed by atoms with Crippen LogP contribution in [0.25, 0.3) is 0 Å². The molecule has 2 unspecified atom stereocenters. The standard InChI is InChI=1S/C13H14N2/c1-2-6-11(7-3-1)15-10-14-12-8-4-5-9-13(12)15/h1-9,12-14H,10H2. The van der Waals surface area contributed by atoms with Gasteiger partial charge in [-0.15, -0.1) is 0 Å². The minimum absolute atomic E-state index is 0.468. The van der Waals surface area contributed by atoms with E-state index in [-0.39, 0.29) is 0 Å². The SMILES string of the molecule is C1=CC2NCN(c3ccccc3)C2C=C1. The summed E-state index contributed by atoms with van der Waals surface area (Å²) in [5.74, 6) is 0. The number of rotatable bonds is 1. The second-order valence-electron chi connectivity index (χ2n) is 3.95. The molecule has 1 aliphatic heterocycles. The highest BCUT2D eigenvalue weighted by Gasteiger charge is 2.30. The number of allylic oxidation sites excluding steroid dienone is 2. The summed E-state index contributed by atoms with van der Waals surface area (Å²) in [6.07, 6.45) is 8.73. The van der Waals surface area contributed by atoms with Crippen molar-refractivity contribution in [2.24, 2.45) is 0 Å². The average molecular weight is 198 g/mol. The molecule has 1 fully saturated rings. The number of anilines is 1. The Morgan fingerprint density at radius 1 is 1.07 bits per heavy atom. The van der Waals surface area contributed by atoms with E-state index in [9.17, 15) is 0 Å². The Morgan fingerprint density at radius 3 is 2.73 bits per heavy atom. The molecule has 0 bridgehead atoms. The molecule has 1 heterocycles. The van der Waals surface area contributed by atoms with E-state index in [4.69, 9.17) is 0 Å². The topological polar surface area (TPSA) is 15.3 Å². The number of para-hydroxylation sites is 1. The minimum atomic E-state index is 0.468. The zero-order valence-electron chi connectivity index (χ0n) is 8.51. The van der Waals surface area contributed by atoms with Crippen molar-refractivity contribution in [1.82, 2.24) is 5.32 Å². The van der Waals surface area contributed by atoms with Crippen molar-refractivity contribution in [3.8, 4) is 0 Å². The van der Waals surface area contributed by atoms with Crippen LogP contribution in [-0.2, 0) is 0 Å². The van der Waals surface area contributed by atoms with E-state index >= 15 is 0 Å². The van der Waals surface area contributed by atoms with Gasteiger partial charge in [-0.3, -0.25) is 5.32 Å². The number of hydrogen-bond acceptors (Lipinski definition) is 2. The summed E-state index contributed by atoms with van der Waals surface area (Å²) in [7, 11) is 0. The van der Waals surface area contributed by atoms with Gasteiger partial charge in [0.25, 0.3) is 0 Å². The van der Waals surface area contributed by atoms with Crippen LogP contribution in [0.2, 0.25) is 0 Å². The van der Waals surface area contributed by atoms with Crippen molar-refractivity contribution in [1.29, 1.82) is 0 Å². The van der Waals surface area contributed by atoms with Crippen LogP contribution >= 0.6 is 0 Å². The molecular weight excluding hydrogens is 184 g/mol. The fraction of sp³-hybridized carbons (Fsp3) is 0.231. The highest BCUT2D eigenvalue weighted by atomic mass is 15.3. The maximum atomic E-state index is 3.49. The Kier molecular flexibility index (Phi) is 2.07. The molecule has 0 amide bonds. The van der Waals surface area contributed by atoms with Crippen molar-refractivity contribution < 1.29 is 0 Å². The Bertz CT molecular complexity index is 394. The van der Waals surface area contributed by atoms with Gasteiger partial charge in [0.05, 0.1) is 18.8 Å². The van der Waals surface area contributed by atoms with Crippen LogP contribution in [-0.4, -0.2) is 18.8 Å². The second kappa shape index (κ2) is 3.55. The second-order valence-corrected chi connectivity index (χ2v) is 3.95. The smallest absolute Gasteiger partial charge is 0.0694 e. The number of hydrogen-bond donors (Lipinski definition) is 1. The molecule has 15 heavy (non-hydrogen) atoms. The third-order valence-corrected chi connectivity index (χ3v) is 3.05. The molecule has 3 rings (SSSR count). The minimum Gasteiger partial charge on any atom is -0.350 e. The van der Waals surface area contributed by atoms with E-state index < -0.39 is 0 Å². The highest BCUT2D eigenvalue weighted by Crippen LogP contribution is 2.24. The summed E-state index contributed by atoms with van der Waals surface area (Å²) < 4.78 is 0. The van der Waals surface area contributed by atoms with E-state index in [1.165, 1.54) is 5.69 Å². The molecule has 0 saturated carbocycles. The fourth-order valence-corrected chi connectivity index (χ4v) is 2.27. The van der Waals surface area contributed by atoms with Gasteiger partial charge in [-0.05, 0) is 12.1 Å². The summed E-state index contributed by atoms with van der Waals surface area (Å²) in [4.78, 5) is 2.39. The van der Waals surface area contributed by atoms with E-state index in [1.54, 1.807) is 0 Å². The highest BCUT2D eigenvalue weighted by molar-refractivity contribution is 5.51. The lowest BCUT2D eigenvalue weighted by Gasteiger charge is -2.26. The maximum absolute atomic E-state index is 3.49. The van der Waals surface area contributed by atoms with Gasteiger partial charge in [-0.25, -0.2) is 0 Å². The number of benzene rings is 1. The summed E-state index contributed by atoms with van der Waals surface area (Å²) in [6.45, 7) is 0.925. The molecule has 2 heteroatoms. The molecular formula is C13H14N2. The molecule has 2 atom stereocenters. The van der Waals surface area contributed by atoms with Gasteiger partial charge in [-0.2, -0.15) is 0 Å². The molecule has 2 nitrogen and oxygen atoms in total. The Morgan fingerprint density at radius 2 is 1.87 bits per heavy atom.